The highest BCUT2D eigenvalue weighted by Crippen LogP contribution is 2.16. The number of aromatic nitrogens is 2. The molecule has 6 nitrogen and oxygen atoms in total. The zero-order valence-electron chi connectivity index (χ0n) is 11.9. The van der Waals surface area contributed by atoms with E-state index in [1.54, 1.807) is 42.7 Å². The smallest absolute Gasteiger partial charge is 0.323 e. The number of Topliss-reactive ketones (excluding diaryl/α,β-unsaturated/α-hetero) is 1. The summed E-state index contributed by atoms with van der Waals surface area (Å²) in [6.07, 6.45) is 1.60. The summed E-state index contributed by atoms with van der Waals surface area (Å²) >= 11 is 0. The molecule has 22 heavy (non-hydrogen) atoms. The second-order valence-electron chi connectivity index (χ2n) is 4.85. The third-order valence-corrected chi connectivity index (χ3v) is 3.21. The fourth-order valence-electron chi connectivity index (χ4n) is 2.12. The number of imidazole rings is 1. The minimum absolute atomic E-state index is 0.0474. The van der Waals surface area contributed by atoms with Gasteiger partial charge in [-0.3, -0.25) is 4.79 Å². The number of fused-ring (bicyclic) bond motifs is 1. The molecule has 3 rings (SSSR count). The van der Waals surface area contributed by atoms with Crippen molar-refractivity contribution in [1.82, 2.24) is 9.97 Å². The first-order chi connectivity index (χ1) is 10.6. The van der Waals surface area contributed by atoms with Crippen LogP contribution in [-0.4, -0.2) is 21.8 Å². The van der Waals surface area contributed by atoms with E-state index in [1.165, 1.54) is 6.92 Å². The van der Waals surface area contributed by atoms with Crippen LogP contribution in [0.15, 0.2) is 48.8 Å². The Morgan fingerprint density at radius 2 is 1.82 bits per heavy atom. The average Bonchev–Trinajstić information content (AvgIpc) is 2.95. The van der Waals surface area contributed by atoms with Crippen molar-refractivity contribution in [2.45, 2.75) is 6.92 Å². The van der Waals surface area contributed by atoms with E-state index in [0.29, 0.717) is 16.9 Å². The van der Waals surface area contributed by atoms with E-state index >= 15 is 0 Å². The Morgan fingerprint density at radius 3 is 2.59 bits per heavy atom. The van der Waals surface area contributed by atoms with Gasteiger partial charge in [0.15, 0.2) is 5.78 Å². The van der Waals surface area contributed by atoms with Crippen molar-refractivity contribution in [3.05, 3.63) is 54.4 Å². The van der Waals surface area contributed by atoms with Crippen LogP contribution in [0.4, 0.5) is 16.2 Å². The number of anilines is 2. The van der Waals surface area contributed by atoms with Gasteiger partial charge in [-0.1, -0.05) is 12.1 Å². The van der Waals surface area contributed by atoms with Crippen molar-refractivity contribution in [3.63, 3.8) is 0 Å². The van der Waals surface area contributed by atoms with Gasteiger partial charge in [0.1, 0.15) is 0 Å². The highest BCUT2D eigenvalue weighted by Gasteiger charge is 2.06. The van der Waals surface area contributed by atoms with E-state index in [1.807, 2.05) is 6.07 Å². The maximum absolute atomic E-state index is 12.0. The van der Waals surface area contributed by atoms with Crippen molar-refractivity contribution in [1.29, 1.82) is 0 Å². The molecular weight excluding hydrogens is 280 g/mol. The van der Waals surface area contributed by atoms with Gasteiger partial charge in [-0.05, 0) is 37.3 Å². The van der Waals surface area contributed by atoms with Crippen molar-refractivity contribution in [3.8, 4) is 0 Å². The number of carbonyl (C=O) groups is 2. The number of hydrogen-bond acceptors (Lipinski definition) is 3. The number of carbonyl (C=O) groups excluding carboxylic acids is 2. The lowest BCUT2D eigenvalue weighted by atomic mass is 10.1. The highest BCUT2D eigenvalue weighted by atomic mass is 16.2. The second-order valence-corrected chi connectivity index (χ2v) is 4.85. The van der Waals surface area contributed by atoms with Gasteiger partial charge < -0.3 is 15.6 Å². The first kappa shape index (κ1) is 13.8. The van der Waals surface area contributed by atoms with Crippen molar-refractivity contribution >= 4 is 34.2 Å². The molecule has 1 heterocycles. The summed E-state index contributed by atoms with van der Waals surface area (Å²) < 4.78 is 0. The molecule has 0 aliphatic heterocycles. The molecule has 110 valence electrons. The molecule has 3 aromatic rings. The first-order valence-corrected chi connectivity index (χ1v) is 6.74. The van der Waals surface area contributed by atoms with Gasteiger partial charge >= 0.3 is 6.03 Å². The zero-order chi connectivity index (χ0) is 15.5. The van der Waals surface area contributed by atoms with Crippen LogP contribution < -0.4 is 10.6 Å². The molecule has 6 heteroatoms. The zero-order valence-corrected chi connectivity index (χ0v) is 11.9. The number of rotatable bonds is 3. The third-order valence-electron chi connectivity index (χ3n) is 3.21. The Balaban J connectivity index is 1.71. The lowest BCUT2D eigenvalue weighted by Gasteiger charge is -2.08. The number of urea groups is 1. The number of hydrogen-bond donors (Lipinski definition) is 3. The number of ketones is 1. The molecule has 0 spiro atoms. The van der Waals surface area contributed by atoms with E-state index in [9.17, 15) is 9.59 Å². The molecule has 0 unspecified atom stereocenters. The van der Waals surface area contributed by atoms with Crippen LogP contribution in [0.5, 0.6) is 0 Å². The maximum atomic E-state index is 12.0. The summed E-state index contributed by atoms with van der Waals surface area (Å²) in [6.45, 7) is 1.48. The molecule has 0 aliphatic carbocycles. The van der Waals surface area contributed by atoms with E-state index in [2.05, 4.69) is 20.6 Å². The SMILES string of the molecule is CC(=O)c1cccc(NC(=O)Nc2ccc3nc[nH]c3c2)c1. The summed E-state index contributed by atoms with van der Waals surface area (Å²) in [5.74, 6) is -0.0474. The molecule has 2 aromatic carbocycles. The molecule has 0 saturated carbocycles. The summed E-state index contributed by atoms with van der Waals surface area (Å²) in [5.41, 5.74) is 3.44. The van der Waals surface area contributed by atoms with Gasteiger partial charge in [0.05, 0.1) is 17.4 Å². The van der Waals surface area contributed by atoms with Crippen LogP contribution in [0.2, 0.25) is 0 Å². The Labute approximate surface area is 126 Å². The Hall–Kier alpha value is -3.15. The Morgan fingerprint density at radius 1 is 1.05 bits per heavy atom. The molecule has 0 saturated heterocycles. The monoisotopic (exact) mass is 294 g/mol. The summed E-state index contributed by atoms with van der Waals surface area (Å²) in [6, 6.07) is 11.8. The topological polar surface area (TPSA) is 86.9 Å². The van der Waals surface area contributed by atoms with Crippen molar-refractivity contribution in [2.75, 3.05) is 10.6 Å². The van der Waals surface area contributed by atoms with Gasteiger partial charge in [0, 0.05) is 16.9 Å². The third kappa shape index (κ3) is 2.95. The molecule has 0 fully saturated rings. The molecular formula is C16H14N4O2. The highest BCUT2D eigenvalue weighted by molar-refractivity contribution is 6.02. The second kappa shape index (κ2) is 5.69. The number of amides is 2. The van der Waals surface area contributed by atoms with Gasteiger partial charge in [0.25, 0.3) is 0 Å². The number of nitrogens with zero attached hydrogens (tertiary/aromatic N) is 1. The number of aromatic amines is 1. The first-order valence-electron chi connectivity index (χ1n) is 6.74. The standard InChI is InChI=1S/C16H14N4O2/c1-10(21)11-3-2-4-12(7-11)19-16(22)20-13-5-6-14-15(8-13)18-9-17-14/h2-9H,1H3,(H,17,18)(H2,19,20,22). The van der Waals surface area contributed by atoms with Crippen molar-refractivity contribution in [2.24, 2.45) is 0 Å². The fourth-order valence-corrected chi connectivity index (χ4v) is 2.12. The molecule has 0 bridgehead atoms. The molecule has 3 N–H and O–H groups in total. The number of H-pyrrole nitrogens is 1. The van der Waals surface area contributed by atoms with Crippen LogP contribution in [0.25, 0.3) is 11.0 Å². The quantitative estimate of drug-likeness (QED) is 0.647. The van der Waals surface area contributed by atoms with E-state index in [-0.39, 0.29) is 11.8 Å². The van der Waals surface area contributed by atoms with Gasteiger partial charge in [-0.25, -0.2) is 9.78 Å². The molecule has 0 aliphatic rings. The van der Waals surface area contributed by atoms with Gasteiger partial charge in [-0.2, -0.15) is 0 Å². The normalized spacial score (nSPS) is 10.4. The van der Waals surface area contributed by atoms with Crippen molar-refractivity contribution < 1.29 is 9.59 Å². The molecule has 1 aromatic heterocycles. The molecule has 0 radical (unpaired) electrons. The fraction of sp³-hybridized carbons (Fsp3) is 0.0625. The van der Waals surface area contributed by atoms with Crippen LogP contribution in [0.1, 0.15) is 17.3 Å². The minimum Gasteiger partial charge on any atom is -0.345 e. The van der Waals surface area contributed by atoms with E-state index in [0.717, 1.165) is 11.0 Å². The van der Waals surface area contributed by atoms with Crippen LogP contribution in [0, 0.1) is 0 Å². The minimum atomic E-state index is -0.375. The van der Waals surface area contributed by atoms with Gasteiger partial charge in [0.2, 0.25) is 0 Å². The maximum Gasteiger partial charge on any atom is 0.323 e. The lowest BCUT2D eigenvalue weighted by molar-refractivity contribution is 0.101. The number of nitrogens with one attached hydrogen (secondary N) is 3. The van der Waals surface area contributed by atoms with E-state index < -0.39 is 0 Å². The van der Waals surface area contributed by atoms with Crippen LogP contribution in [-0.2, 0) is 0 Å². The average molecular weight is 294 g/mol. The number of benzene rings is 2. The summed E-state index contributed by atoms with van der Waals surface area (Å²) in [4.78, 5) is 30.4. The van der Waals surface area contributed by atoms with Crippen LogP contribution >= 0.6 is 0 Å². The molecule has 0 atom stereocenters. The lowest BCUT2D eigenvalue weighted by Crippen LogP contribution is -2.19. The Kier molecular flexibility index (Phi) is 3.57. The molecule has 2 amide bonds. The van der Waals surface area contributed by atoms with E-state index in [4.69, 9.17) is 0 Å². The predicted molar refractivity (Wildman–Crippen MR) is 85.2 cm³/mol. The summed E-state index contributed by atoms with van der Waals surface area (Å²) in [5, 5.41) is 5.44. The van der Waals surface area contributed by atoms with Gasteiger partial charge in [-0.15, -0.1) is 0 Å². The Bertz CT molecular complexity index is 854. The summed E-state index contributed by atoms with van der Waals surface area (Å²) in [7, 11) is 0. The van der Waals surface area contributed by atoms with Crippen LogP contribution in [0.3, 0.4) is 0 Å². The largest absolute Gasteiger partial charge is 0.345 e. The predicted octanol–water partition coefficient (Wildman–Crippen LogP) is 3.41.